The van der Waals surface area contributed by atoms with E-state index < -0.39 is 0 Å². The molecule has 2 heterocycles. The van der Waals surface area contributed by atoms with Gasteiger partial charge in [0.1, 0.15) is 5.75 Å². The van der Waals surface area contributed by atoms with Crippen LogP contribution in [0.15, 0.2) is 24.3 Å². The van der Waals surface area contributed by atoms with Crippen LogP contribution in [-0.4, -0.2) is 67.2 Å². The van der Waals surface area contributed by atoms with E-state index in [1.54, 1.807) is 0 Å². The zero-order chi connectivity index (χ0) is 16.9. The highest BCUT2D eigenvalue weighted by atomic mass is 16.5. The quantitative estimate of drug-likeness (QED) is 0.828. The number of aryl methyl sites for hydroxylation is 1. The van der Waals surface area contributed by atoms with Gasteiger partial charge in [-0.2, -0.15) is 0 Å². The van der Waals surface area contributed by atoms with Crippen molar-refractivity contribution < 1.29 is 14.3 Å². The lowest BCUT2D eigenvalue weighted by Crippen LogP contribution is -2.63. The predicted molar refractivity (Wildman–Crippen MR) is 93.3 cm³/mol. The second-order valence-corrected chi connectivity index (χ2v) is 6.81. The number of ether oxygens (including phenoxy) is 2. The van der Waals surface area contributed by atoms with Gasteiger partial charge in [0.2, 0.25) is 0 Å². The third-order valence-corrected chi connectivity index (χ3v) is 4.98. The maximum absolute atomic E-state index is 12.5. The number of hydrogen-bond donors (Lipinski definition) is 0. The normalized spacial score (nSPS) is 24.5. The van der Waals surface area contributed by atoms with E-state index in [-0.39, 0.29) is 12.5 Å². The van der Waals surface area contributed by atoms with Crippen LogP contribution in [0.25, 0.3) is 0 Å². The molecule has 2 aliphatic heterocycles. The van der Waals surface area contributed by atoms with Gasteiger partial charge in [-0.1, -0.05) is 31.0 Å². The first kappa shape index (κ1) is 17.2. The summed E-state index contributed by atoms with van der Waals surface area (Å²) in [6.45, 7) is 8.38. The maximum atomic E-state index is 12.5. The van der Waals surface area contributed by atoms with Gasteiger partial charge >= 0.3 is 0 Å². The third-order valence-electron chi connectivity index (χ3n) is 4.98. The smallest absolute Gasteiger partial charge is 0.260 e. The largest absolute Gasteiger partial charge is 0.484 e. The summed E-state index contributed by atoms with van der Waals surface area (Å²) in [5.41, 5.74) is 1.18. The van der Waals surface area contributed by atoms with Crippen molar-refractivity contribution in [3.63, 3.8) is 0 Å². The van der Waals surface area contributed by atoms with Crippen molar-refractivity contribution in [3.8, 4) is 5.75 Å². The van der Waals surface area contributed by atoms with Crippen LogP contribution >= 0.6 is 0 Å². The van der Waals surface area contributed by atoms with Gasteiger partial charge in [-0.3, -0.25) is 9.69 Å². The molecule has 0 bridgehead atoms. The van der Waals surface area contributed by atoms with Gasteiger partial charge in [0.15, 0.2) is 6.61 Å². The van der Waals surface area contributed by atoms with Crippen LogP contribution in [0.1, 0.15) is 25.3 Å². The molecule has 5 nitrogen and oxygen atoms in total. The first-order valence-electron chi connectivity index (χ1n) is 8.98. The van der Waals surface area contributed by atoms with E-state index in [1.165, 1.54) is 18.4 Å². The van der Waals surface area contributed by atoms with Crippen LogP contribution in [0.3, 0.4) is 0 Å². The molecule has 2 atom stereocenters. The Balaban J connectivity index is 1.51. The van der Waals surface area contributed by atoms with Gasteiger partial charge in [-0.25, -0.2) is 0 Å². The lowest BCUT2D eigenvalue weighted by atomic mass is 10.0. The van der Waals surface area contributed by atoms with Crippen molar-refractivity contribution in [1.82, 2.24) is 9.80 Å². The SMILES string of the molecule is CCC[C@H]1COC[C@H]2CN(C(=O)COc3ccc(C)cc3)CCN12. The summed E-state index contributed by atoms with van der Waals surface area (Å²) in [5.74, 6) is 0.810. The van der Waals surface area contributed by atoms with Gasteiger partial charge in [-0.05, 0) is 25.5 Å². The predicted octanol–water partition coefficient (Wildman–Crippen LogP) is 2.09. The molecule has 0 aromatic heterocycles. The Kier molecular flexibility index (Phi) is 5.74. The second-order valence-electron chi connectivity index (χ2n) is 6.81. The van der Waals surface area contributed by atoms with Crippen LogP contribution in [-0.2, 0) is 9.53 Å². The number of rotatable bonds is 5. The molecule has 0 saturated carbocycles. The van der Waals surface area contributed by atoms with Gasteiger partial charge in [-0.15, -0.1) is 0 Å². The lowest BCUT2D eigenvalue weighted by Gasteiger charge is -2.48. The fraction of sp³-hybridized carbons (Fsp3) is 0.632. The van der Waals surface area contributed by atoms with Crippen LogP contribution in [0.4, 0.5) is 0 Å². The van der Waals surface area contributed by atoms with Gasteiger partial charge in [0.25, 0.3) is 5.91 Å². The molecule has 5 heteroatoms. The number of piperazine rings is 1. The summed E-state index contributed by atoms with van der Waals surface area (Å²) in [4.78, 5) is 16.9. The van der Waals surface area contributed by atoms with Gasteiger partial charge < -0.3 is 14.4 Å². The fourth-order valence-corrected chi connectivity index (χ4v) is 3.61. The summed E-state index contributed by atoms with van der Waals surface area (Å²) in [5, 5.41) is 0. The monoisotopic (exact) mass is 332 g/mol. The van der Waals surface area contributed by atoms with E-state index >= 15 is 0 Å². The Labute approximate surface area is 144 Å². The number of hydrogen-bond acceptors (Lipinski definition) is 4. The maximum Gasteiger partial charge on any atom is 0.260 e. The molecule has 3 rings (SSSR count). The molecule has 1 aromatic carbocycles. The summed E-state index contributed by atoms with van der Waals surface area (Å²) >= 11 is 0. The standard InChI is InChI=1S/C19H28N2O3/c1-3-4-16-12-23-13-17-11-20(9-10-21(16)17)19(22)14-24-18-7-5-15(2)6-8-18/h5-8,16-17H,3-4,9-14H2,1-2H3/t16-,17+/m0/s1. The van der Waals surface area contributed by atoms with Crippen molar-refractivity contribution >= 4 is 5.91 Å². The molecular formula is C19H28N2O3. The molecular weight excluding hydrogens is 304 g/mol. The number of morpholine rings is 1. The average Bonchev–Trinajstić information content (AvgIpc) is 2.61. The molecule has 0 aliphatic carbocycles. The number of carbonyl (C=O) groups excluding carboxylic acids is 1. The summed E-state index contributed by atoms with van der Waals surface area (Å²) in [6, 6.07) is 8.63. The van der Waals surface area contributed by atoms with Crippen molar-refractivity contribution in [2.75, 3.05) is 39.5 Å². The molecule has 2 saturated heterocycles. The van der Waals surface area contributed by atoms with E-state index in [9.17, 15) is 4.79 Å². The van der Waals surface area contributed by atoms with Crippen LogP contribution in [0.2, 0.25) is 0 Å². The highest BCUT2D eigenvalue weighted by molar-refractivity contribution is 5.78. The first-order valence-corrected chi connectivity index (χ1v) is 8.98. The van der Waals surface area contributed by atoms with E-state index in [2.05, 4.69) is 11.8 Å². The summed E-state index contributed by atoms with van der Waals surface area (Å²) in [6.07, 6.45) is 2.34. The van der Waals surface area contributed by atoms with E-state index in [1.807, 2.05) is 36.1 Å². The van der Waals surface area contributed by atoms with Crippen LogP contribution in [0.5, 0.6) is 5.75 Å². The molecule has 0 spiro atoms. The topological polar surface area (TPSA) is 42.0 Å². The minimum Gasteiger partial charge on any atom is -0.484 e. The lowest BCUT2D eigenvalue weighted by molar-refractivity contribution is -0.142. The second kappa shape index (κ2) is 7.99. The summed E-state index contributed by atoms with van der Waals surface area (Å²) < 4.78 is 11.4. The molecule has 132 valence electrons. The summed E-state index contributed by atoms with van der Waals surface area (Å²) in [7, 11) is 0. The number of carbonyl (C=O) groups is 1. The zero-order valence-corrected chi connectivity index (χ0v) is 14.7. The minimum atomic E-state index is 0.0628. The van der Waals surface area contributed by atoms with Crippen molar-refractivity contribution in [1.29, 1.82) is 0 Å². The number of nitrogens with zero attached hydrogens (tertiary/aromatic N) is 2. The van der Waals surface area contributed by atoms with E-state index in [0.29, 0.717) is 12.1 Å². The Morgan fingerprint density at radius 1 is 1.25 bits per heavy atom. The number of amides is 1. The Morgan fingerprint density at radius 3 is 2.79 bits per heavy atom. The molecule has 1 aromatic rings. The van der Waals surface area contributed by atoms with Crippen LogP contribution < -0.4 is 4.74 Å². The van der Waals surface area contributed by atoms with E-state index in [4.69, 9.17) is 9.47 Å². The van der Waals surface area contributed by atoms with Crippen molar-refractivity contribution in [2.24, 2.45) is 0 Å². The Morgan fingerprint density at radius 2 is 2.04 bits per heavy atom. The highest BCUT2D eigenvalue weighted by Gasteiger charge is 2.36. The van der Waals surface area contributed by atoms with Crippen molar-refractivity contribution in [2.45, 2.75) is 38.8 Å². The zero-order valence-electron chi connectivity index (χ0n) is 14.7. The number of benzene rings is 1. The van der Waals surface area contributed by atoms with Gasteiger partial charge in [0.05, 0.1) is 19.3 Å². The minimum absolute atomic E-state index is 0.0628. The Bertz CT molecular complexity index is 544. The number of fused-ring (bicyclic) bond motifs is 1. The molecule has 0 unspecified atom stereocenters. The average molecular weight is 332 g/mol. The van der Waals surface area contributed by atoms with Crippen LogP contribution in [0, 0.1) is 6.92 Å². The molecule has 2 fully saturated rings. The Hall–Kier alpha value is -1.59. The van der Waals surface area contributed by atoms with E-state index in [0.717, 1.165) is 38.6 Å². The molecule has 0 radical (unpaired) electrons. The molecule has 2 aliphatic rings. The third kappa shape index (κ3) is 4.08. The highest BCUT2D eigenvalue weighted by Crippen LogP contribution is 2.21. The first-order chi connectivity index (χ1) is 11.7. The van der Waals surface area contributed by atoms with Crippen molar-refractivity contribution in [3.05, 3.63) is 29.8 Å². The fourth-order valence-electron chi connectivity index (χ4n) is 3.61. The molecule has 24 heavy (non-hydrogen) atoms. The molecule has 0 N–H and O–H groups in total. The van der Waals surface area contributed by atoms with Gasteiger partial charge in [0, 0.05) is 25.7 Å². The molecule has 1 amide bonds.